The summed E-state index contributed by atoms with van der Waals surface area (Å²) in [5.41, 5.74) is -0.0265. The summed E-state index contributed by atoms with van der Waals surface area (Å²) >= 11 is 0. The Morgan fingerprint density at radius 1 is 1.33 bits per heavy atom. The highest BCUT2D eigenvalue weighted by Crippen LogP contribution is 2.19. The Labute approximate surface area is 120 Å². The van der Waals surface area contributed by atoms with Crippen LogP contribution in [0.1, 0.15) is 5.56 Å². The molecule has 1 aromatic carbocycles. The lowest BCUT2D eigenvalue weighted by molar-refractivity contribution is 0.280. The van der Waals surface area contributed by atoms with Crippen LogP contribution in [0.25, 0.3) is 0 Å². The summed E-state index contributed by atoms with van der Waals surface area (Å²) in [6.45, 7) is -0.378. The van der Waals surface area contributed by atoms with Crippen LogP contribution in [-0.2, 0) is 23.2 Å². The lowest BCUT2D eigenvalue weighted by atomic mass is 10.2. The molecule has 0 radical (unpaired) electrons. The summed E-state index contributed by atoms with van der Waals surface area (Å²) in [6, 6.07) is 3.32. The molecule has 0 aliphatic carbocycles. The first-order valence-electron chi connectivity index (χ1n) is 6.00. The van der Waals surface area contributed by atoms with Crippen LogP contribution in [0.3, 0.4) is 0 Å². The standard InChI is InChI=1S/C12H13F2N3O3S/c13-10-6-9(8-18)7-11(12(10)14)21(19,20)16-3-5-17-4-1-2-15-17/h1-2,4,6-7,16,18H,3,5,8H2. The van der Waals surface area contributed by atoms with Gasteiger partial charge in [0.2, 0.25) is 10.0 Å². The van der Waals surface area contributed by atoms with E-state index in [1.165, 1.54) is 10.9 Å². The Balaban J connectivity index is 2.17. The van der Waals surface area contributed by atoms with Crippen LogP contribution in [-0.4, -0.2) is 29.8 Å². The van der Waals surface area contributed by atoms with E-state index in [-0.39, 0.29) is 18.7 Å². The van der Waals surface area contributed by atoms with E-state index in [0.29, 0.717) is 0 Å². The molecule has 21 heavy (non-hydrogen) atoms. The highest BCUT2D eigenvalue weighted by Gasteiger charge is 2.22. The molecular formula is C12H13F2N3O3S. The van der Waals surface area contributed by atoms with E-state index in [1.807, 2.05) is 0 Å². The maximum absolute atomic E-state index is 13.6. The fraction of sp³-hybridized carbons (Fsp3) is 0.250. The third-order valence-electron chi connectivity index (χ3n) is 2.72. The van der Waals surface area contributed by atoms with Crippen molar-refractivity contribution in [3.05, 3.63) is 47.8 Å². The topological polar surface area (TPSA) is 84.2 Å². The number of nitrogens with one attached hydrogen (secondary N) is 1. The molecule has 1 aromatic heterocycles. The SMILES string of the molecule is O=S(=O)(NCCn1cccn1)c1cc(CO)cc(F)c1F. The number of nitrogens with zero attached hydrogens (tertiary/aromatic N) is 2. The molecule has 0 aliphatic heterocycles. The van der Waals surface area contributed by atoms with Crippen molar-refractivity contribution in [1.29, 1.82) is 0 Å². The summed E-state index contributed by atoms with van der Waals surface area (Å²) in [5, 5.41) is 12.8. The second kappa shape index (κ2) is 6.29. The van der Waals surface area contributed by atoms with E-state index in [4.69, 9.17) is 5.11 Å². The van der Waals surface area contributed by atoms with Gasteiger partial charge in [0, 0.05) is 18.9 Å². The minimum atomic E-state index is -4.22. The summed E-state index contributed by atoms with van der Waals surface area (Å²) in [4.78, 5) is -0.827. The van der Waals surface area contributed by atoms with Crippen LogP contribution in [0, 0.1) is 11.6 Å². The van der Waals surface area contributed by atoms with Gasteiger partial charge >= 0.3 is 0 Å². The van der Waals surface area contributed by atoms with Gasteiger partial charge in [0.15, 0.2) is 11.6 Å². The lowest BCUT2D eigenvalue weighted by Gasteiger charge is -2.09. The molecule has 0 aliphatic rings. The smallest absolute Gasteiger partial charge is 0.243 e. The second-order valence-corrected chi connectivity index (χ2v) is 5.95. The first-order chi connectivity index (χ1) is 9.94. The molecule has 0 saturated heterocycles. The molecule has 0 amide bonds. The van der Waals surface area contributed by atoms with Crippen molar-refractivity contribution in [2.45, 2.75) is 18.0 Å². The molecule has 2 N–H and O–H groups in total. The van der Waals surface area contributed by atoms with Crippen molar-refractivity contribution in [3.8, 4) is 0 Å². The van der Waals surface area contributed by atoms with Gasteiger partial charge in [-0.15, -0.1) is 0 Å². The minimum absolute atomic E-state index is 0.0265. The summed E-state index contributed by atoms with van der Waals surface area (Å²) < 4.78 is 54.5. The second-order valence-electron chi connectivity index (χ2n) is 4.21. The highest BCUT2D eigenvalue weighted by atomic mass is 32.2. The molecule has 0 atom stereocenters. The first-order valence-corrected chi connectivity index (χ1v) is 7.48. The van der Waals surface area contributed by atoms with E-state index >= 15 is 0 Å². The minimum Gasteiger partial charge on any atom is -0.392 e. The van der Waals surface area contributed by atoms with Crippen molar-refractivity contribution in [1.82, 2.24) is 14.5 Å². The van der Waals surface area contributed by atoms with Crippen molar-refractivity contribution in [3.63, 3.8) is 0 Å². The van der Waals surface area contributed by atoms with Crippen LogP contribution in [0.5, 0.6) is 0 Å². The van der Waals surface area contributed by atoms with Gasteiger partial charge in [-0.25, -0.2) is 21.9 Å². The van der Waals surface area contributed by atoms with Gasteiger partial charge < -0.3 is 5.11 Å². The molecular weight excluding hydrogens is 304 g/mol. The molecule has 0 spiro atoms. The van der Waals surface area contributed by atoms with Gasteiger partial charge in [0.25, 0.3) is 0 Å². The predicted molar refractivity (Wildman–Crippen MR) is 69.7 cm³/mol. The summed E-state index contributed by atoms with van der Waals surface area (Å²) in [6.07, 6.45) is 3.18. The maximum atomic E-state index is 13.6. The van der Waals surface area contributed by atoms with Crippen LogP contribution in [0.4, 0.5) is 8.78 Å². The molecule has 9 heteroatoms. The summed E-state index contributed by atoms with van der Waals surface area (Å²) in [5.74, 6) is -2.80. The van der Waals surface area contributed by atoms with Gasteiger partial charge in [0.05, 0.1) is 13.2 Å². The van der Waals surface area contributed by atoms with E-state index in [0.717, 1.165) is 12.1 Å². The van der Waals surface area contributed by atoms with Gasteiger partial charge in [-0.1, -0.05) is 0 Å². The lowest BCUT2D eigenvalue weighted by Crippen LogP contribution is -2.28. The number of aromatic nitrogens is 2. The highest BCUT2D eigenvalue weighted by molar-refractivity contribution is 7.89. The predicted octanol–water partition coefficient (Wildman–Crippen LogP) is 0.632. The molecule has 0 fully saturated rings. The Morgan fingerprint density at radius 3 is 2.71 bits per heavy atom. The molecule has 114 valence electrons. The molecule has 0 saturated carbocycles. The number of hydrogen-bond acceptors (Lipinski definition) is 4. The number of benzene rings is 1. The average Bonchev–Trinajstić information content (AvgIpc) is 2.94. The first kappa shape index (κ1) is 15.5. The average molecular weight is 317 g/mol. The number of sulfonamides is 1. The van der Waals surface area contributed by atoms with Gasteiger partial charge in [-0.3, -0.25) is 4.68 Å². The molecule has 2 rings (SSSR count). The third-order valence-corrected chi connectivity index (χ3v) is 4.18. The number of aliphatic hydroxyl groups is 1. The largest absolute Gasteiger partial charge is 0.392 e. The monoisotopic (exact) mass is 317 g/mol. The van der Waals surface area contributed by atoms with Crippen LogP contribution in [0.15, 0.2) is 35.5 Å². The van der Waals surface area contributed by atoms with Gasteiger partial charge in [-0.05, 0) is 23.8 Å². The van der Waals surface area contributed by atoms with Gasteiger partial charge in [-0.2, -0.15) is 5.10 Å². The fourth-order valence-corrected chi connectivity index (χ4v) is 2.86. The van der Waals surface area contributed by atoms with Crippen molar-refractivity contribution in [2.75, 3.05) is 6.54 Å². The zero-order valence-electron chi connectivity index (χ0n) is 10.8. The van der Waals surface area contributed by atoms with E-state index in [2.05, 4.69) is 9.82 Å². The van der Waals surface area contributed by atoms with E-state index in [1.54, 1.807) is 12.3 Å². The van der Waals surface area contributed by atoms with Crippen molar-refractivity contribution >= 4 is 10.0 Å². The quantitative estimate of drug-likeness (QED) is 0.818. The number of rotatable bonds is 6. The van der Waals surface area contributed by atoms with Crippen molar-refractivity contribution < 1.29 is 22.3 Å². The van der Waals surface area contributed by atoms with Gasteiger partial charge in [0.1, 0.15) is 4.90 Å². The molecule has 2 aromatic rings. The van der Waals surface area contributed by atoms with Crippen LogP contribution in [0.2, 0.25) is 0 Å². The summed E-state index contributed by atoms with van der Waals surface area (Å²) in [7, 11) is -4.22. The molecule has 1 heterocycles. The van der Waals surface area contributed by atoms with Crippen LogP contribution >= 0.6 is 0 Å². The van der Waals surface area contributed by atoms with Crippen LogP contribution < -0.4 is 4.72 Å². The molecule has 0 bridgehead atoms. The van der Waals surface area contributed by atoms with E-state index < -0.39 is 33.2 Å². The number of hydrogen-bond donors (Lipinski definition) is 2. The third kappa shape index (κ3) is 3.63. The Morgan fingerprint density at radius 2 is 2.10 bits per heavy atom. The zero-order valence-corrected chi connectivity index (χ0v) is 11.6. The number of aliphatic hydroxyl groups excluding tert-OH is 1. The maximum Gasteiger partial charge on any atom is 0.243 e. The number of halogens is 2. The van der Waals surface area contributed by atoms with Crippen molar-refractivity contribution in [2.24, 2.45) is 0 Å². The molecule has 0 unspecified atom stereocenters. The normalized spacial score (nSPS) is 11.8. The molecule has 6 nitrogen and oxygen atoms in total. The van der Waals surface area contributed by atoms with E-state index in [9.17, 15) is 17.2 Å². The zero-order chi connectivity index (χ0) is 15.5. The Bertz CT molecular complexity index is 718. The fourth-order valence-electron chi connectivity index (χ4n) is 1.71. The Hall–Kier alpha value is -1.84. The Kier molecular flexibility index (Phi) is 4.66.